The number of pyridine rings is 1. The van der Waals surface area contributed by atoms with Gasteiger partial charge in [-0.2, -0.15) is 5.26 Å². The number of carbonyl (C=O) groups excluding carboxylic acids is 1. The second-order valence-electron chi connectivity index (χ2n) is 6.22. The van der Waals surface area contributed by atoms with E-state index in [1.54, 1.807) is 0 Å². The number of rotatable bonds is 2. The van der Waals surface area contributed by atoms with Crippen molar-refractivity contribution in [3.63, 3.8) is 0 Å². The van der Waals surface area contributed by atoms with E-state index in [9.17, 15) is 18.0 Å². The van der Waals surface area contributed by atoms with Crippen molar-refractivity contribution in [3.8, 4) is 11.8 Å². The molecule has 0 unspecified atom stereocenters. The maximum Gasteiger partial charge on any atom is 0.523 e. The number of hydrogen-bond acceptors (Lipinski definition) is 5. The van der Waals surface area contributed by atoms with Crippen LogP contribution in [0.2, 0.25) is 0 Å². The van der Waals surface area contributed by atoms with Gasteiger partial charge in [0.1, 0.15) is 23.5 Å². The molecule has 1 aromatic heterocycles. The average molecular weight is 341 g/mol. The number of amides is 1. The molecule has 2 aliphatic heterocycles. The molecule has 3 rings (SSSR count). The van der Waals surface area contributed by atoms with Gasteiger partial charge in [0, 0.05) is 24.4 Å². The highest BCUT2D eigenvalue weighted by molar-refractivity contribution is 5.85. The lowest BCUT2D eigenvalue weighted by Gasteiger charge is -2.33. The van der Waals surface area contributed by atoms with E-state index in [1.807, 2.05) is 6.07 Å². The highest BCUT2D eigenvalue weighted by Gasteiger charge is 2.50. The Morgan fingerprint density at radius 3 is 2.79 bits per heavy atom. The highest BCUT2D eigenvalue weighted by Crippen LogP contribution is 2.45. The number of nitrogens with zero attached hydrogens (tertiary/aromatic N) is 3. The van der Waals surface area contributed by atoms with Crippen molar-refractivity contribution in [2.24, 2.45) is 0 Å². The third-order valence-electron chi connectivity index (χ3n) is 4.10. The third-order valence-corrected chi connectivity index (χ3v) is 4.10. The lowest BCUT2D eigenvalue weighted by molar-refractivity contribution is -0.355. The minimum Gasteiger partial charge on any atom is -0.487 e. The van der Waals surface area contributed by atoms with Crippen LogP contribution < -0.4 is 4.74 Å². The summed E-state index contributed by atoms with van der Waals surface area (Å²) in [4.78, 5) is 17.9. The molecule has 9 heteroatoms. The van der Waals surface area contributed by atoms with Gasteiger partial charge in [-0.05, 0) is 13.8 Å². The maximum atomic E-state index is 12.6. The maximum absolute atomic E-state index is 12.6. The molecule has 1 saturated heterocycles. The van der Waals surface area contributed by atoms with Crippen LogP contribution in [0.15, 0.2) is 12.4 Å². The van der Waals surface area contributed by atoms with E-state index in [4.69, 9.17) is 10.00 Å². The first-order valence-electron chi connectivity index (χ1n) is 7.25. The number of carbonyl (C=O) groups is 1. The first kappa shape index (κ1) is 16.5. The largest absolute Gasteiger partial charge is 0.523 e. The molecule has 128 valence electrons. The summed E-state index contributed by atoms with van der Waals surface area (Å²) < 4.78 is 47.3. The van der Waals surface area contributed by atoms with Crippen molar-refractivity contribution in [1.29, 1.82) is 5.26 Å². The number of nitriles is 1. The van der Waals surface area contributed by atoms with Gasteiger partial charge < -0.3 is 9.64 Å². The molecule has 1 aromatic rings. The van der Waals surface area contributed by atoms with Gasteiger partial charge >= 0.3 is 6.36 Å². The molecule has 6 nitrogen and oxygen atoms in total. The molecule has 0 aromatic carbocycles. The summed E-state index contributed by atoms with van der Waals surface area (Å²) in [7, 11) is 0. The summed E-state index contributed by atoms with van der Waals surface area (Å²) in [5.74, 6) is -0.440. The zero-order chi connectivity index (χ0) is 17.7. The standard InChI is InChI=1S/C15H14F3N3O3/c1-14(2,24-15(16,17)18)13(22)21-7-9-3-11(21)10-6-20-5-8(4-19)12(10)23-9/h5-6,9,11H,3,7H2,1-2H3/t9-,11-/m0/s1. The van der Waals surface area contributed by atoms with Gasteiger partial charge in [0.25, 0.3) is 5.91 Å². The number of ether oxygens (including phenoxy) is 2. The van der Waals surface area contributed by atoms with Crippen molar-refractivity contribution >= 4 is 5.91 Å². The van der Waals surface area contributed by atoms with Crippen LogP contribution in [-0.4, -0.2) is 40.4 Å². The molecule has 2 atom stereocenters. The molecule has 2 bridgehead atoms. The van der Waals surface area contributed by atoms with E-state index in [0.29, 0.717) is 17.7 Å². The summed E-state index contributed by atoms with van der Waals surface area (Å²) in [6.07, 6.45) is -2.02. The van der Waals surface area contributed by atoms with Crippen LogP contribution in [0, 0.1) is 11.3 Å². The summed E-state index contributed by atoms with van der Waals surface area (Å²) in [5, 5.41) is 9.12. The molecule has 0 N–H and O–H groups in total. The molecule has 0 radical (unpaired) electrons. The summed E-state index contributed by atoms with van der Waals surface area (Å²) >= 11 is 0. The molecular formula is C15H14F3N3O3. The molecule has 24 heavy (non-hydrogen) atoms. The smallest absolute Gasteiger partial charge is 0.487 e. The Balaban J connectivity index is 1.92. The normalized spacial score (nSPS) is 22.6. The first-order chi connectivity index (χ1) is 11.1. The minimum atomic E-state index is -4.92. The number of alkyl halides is 3. The van der Waals surface area contributed by atoms with Crippen molar-refractivity contribution in [1.82, 2.24) is 9.88 Å². The van der Waals surface area contributed by atoms with Crippen LogP contribution in [-0.2, 0) is 9.53 Å². The molecule has 3 heterocycles. The quantitative estimate of drug-likeness (QED) is 0.825. The number of fused-ring (bicyclic) bond motifs is 4. The molecule has 1 fully saturated rings. The van der Waals surface area contributed by atoms with Gasteiger partial charge in [-0.15, -0.1) is 13.2 Å². The Morgan fingerprint density at radius 2 is 2.17 bits per heavy atom. The molecule has 0 spiro atoms. The van der Waals surface area contributed by atoms with E-state index >= 15 is 0 Å². The predicted octanol–water partition coefficient (Wildman–Crippen LogP) is 2.30. The van der Waals surface area contributed by atoms with E-state index in [-0.39, 0.29) is 18.2 Å². The zero-order valence-corrected chi connectivity index (χ0v) is 12.9. The SMILES string of the molecule is CC(C)(OC(F)(F)F)C(=O)N1C[C@@H]2C[C@H]1c1cncc(C#N)c1O2. The highest BCUT2D eigenvalue weighted by atomic mass is 19.4. The Hall–Kier alpha value is -2.34. The van der Waals surface area contributed by atoms with Crippen LogP contribution in [0.1, 0.15) is 37.4 Å². The van der Waals surface area contributed by atoms with Crippen LogP contribution in [0.5, 0.6) is 5.75 Å². The van der Waals surface area contributed by atoms with Gasteiger partial charge in [0.2, 0.25) is 0 Å². The van der Waals surface area contributed by atoms with E-state index in [1.165, 1.54) is 17.3 Å². The fraction of sp³-hybridized carbons (Fsp3) is 0.533. The summed E-state index contributed by atoms with van der Waals surface area (Å²) in [5.41, 5.74) is -1.29. The van der Waals surface area contributed by atoms with Crippen molar-refractivity contribution in [2.75, 3.05) is 6.54 Å². The molecule has 1 amide bonds. The van der Waals surface area contributed by atoms with E-state index in [2.05, 4.69) is 9.72 Å². The predicted molar refractivity (Wildman–Crippen MR) is 73.7 cm³/mol. The fourth-order valence-corrected chi connectivity index (χ4v) is 3.16. The zero-order valence-electron chi connectivity index (χ0n) is 12.9. The van der Waals surface area contributed by atoms with Gasteiger partial charge in [0.15, 0.2) is 5.60 Å². The Bertz CT molecular complexity index is 727. The third kappa shape index (κ3) is 2.78. The topological polar surface area (TPSA) is 75.5 Å². The lowest BCUT2D eigenvalue weighted by Crippen LogP contribution is -2.49. The van der Waals surface area contributed by atoms with Crippen molar-refractivity contribution in [2.45, 2.75) is 44.4 Å². The number of likely N-dealkylation sites (tertiary alicyclic amines) is 1. The number of hydrogen-bond donors (Lipinski definition) is 0. The fourth-order valence-electron chi connectivity index (χ4n) is 3.16. The van der Waals surface area contributed by atoms with E-state index < -0.39 is 23.9 Å². The number of aromatic nitrogens is 1. The number of halogens is 3. The van der Waals surface area contributed by atoms with Crippen LogP contribution in [0.25, 0.3) is 0 Å². The van der Waals surface area contributed by atoms with Gasteiger partial charge in [-0.3, -0.25) is 14.5 Å². The Kier molecular flexibility index (Phi) is 3.68. The Morgan fingerprint density at radius 1 is 1.46 bits per heavy atom. The average Bonchev–Trinajstić information content (AvgIpc) is 2.81. The van der Waals surface area contributed by atoms with Crippen molar-refractivity contribution < 1.29 is 27.4 Å². The van der Waals surface area contributed by atoms with Crippen molar-refractivity contribution in [3.05, 3.63) is 23.5 Å². The summed E-state index contributed by atoms with van der Waals surface area (Å²) in [6, 6.07) is 1.48. The minimum absolute atomic E-state index is 0.133. The second-order valence-corrected chi connectivity index (χ2v) is 6.22. The molecule has 2 aliphatic rings. The molecule has 0 saturated carbocycles. The Labute approximate surface area is 135 Å². The molecular weight excluding hydrogens is 327 g/mol. The van der Waals surface area contributed by atoms with Gasteiger partial charge in [-0.1, -0.05) is 0 Å². The van der Waals surface area contributed by atoms with E-state index in [0.717, 1.165) is 13.8 Å². The summed E-state index contributed by atoms with van der Waals surface area (Å²) in [6.45, 7) is 2.29. The van der Waals surface area contributed by atoms with Gasteiger partial charge in [0.05, 0.1) is 12.6 Å². The van der Waals surface area contributed by atoms with Crippen LogP contribution in [0.4, 0.5) is 13.2 Å². The first-order valence-corrected chi connectivity index (χ1v) is 7.25. The van der Waals surface area contributed by atoms with Crippen LogP contribution in [0.3, 0.4) is 0 Å². The van der Waals surface area contributed by atoms with Gasteiger partial charge in [-0.25, -0.2) is 0 Å². The second kappa shape index (κ2) is 5.34. The molecule has 0 aliphatic carbocycles. The van der Waals surface area contributed by atoms with Crippen LogP contribution >= 0.6 is 0 Å². The monoisotopic (exact) mass is 341 g/mol. The lowest BCUT2D eigenvalue weighted by atomic mass is 9.99.